The van der Waals surface area contributed by atoms with E-state index in [0.29, 0.717) is 6.61 Å². The highest BCUT2D eigenvalue weighted by molar-refractivity contribution is 4.97. The van der Waals surface area contributed by atoms with Crippen LogP contribution in [0, 0.1) is 4.91 Å². The van der Waals surface area contributed by atoms with Crippen molar-refractivity contribution in [3.63, 3.8) is 0 Å². The fraction of sp³-hybridized carbons (Fsp3) is 0.846. The maximum absolute atomic E-state index is 12.3. The lowest BCUT2D eigenvalue weighted by Crippen LogP contribution is -2.38. The molecule has 1 aliphatic heterocycles. The highest BCUT2D eigenvalue weighted by Crippen LogP contribution is 2.33. The molecule has 0 spiro atoms. The van der Waals surface area contributed by atoms with Gasteiger partial charge in [0.25, 0.3) is 5.56 Å². The van der Waals surface area contributed by atoms with Gasteiger partial charge in [-0.05, 0) is 6.42 Å². The van der Waals surface area contributed by atoms with E-state index in [-0.39, 0.29) is 6.61 Å². The number of nitrogens with one attached hydrogen (secondary N) is 1. The van der Waals surface area contributed by atoms with E-state index >= 15 is 0 Å². The first-order valence-electron chi connectivity index (χ1n) is 13.5. The molecule has 0 bridgehead atoms. The Morgan fingerprint density at radius 2 is 1.51 bits per heavy atom. The largest absolute Gasteiger partial charge is 0.382 e. The molecule has 1 N–H and O–H groups in total. The summed E-state index contributed by atoms with van der Waals surface area (Å²) in [6, 6.07) is 0.438. The predicted molar refractivity (Wildman–Crippen MR) is 137 cm³/mol. The number of methoxy groups -OCH3 is 1. The summed E-state index contributed by atoms with van der Waals surface area (Å²) in [6.45, 7) is 2.86. The number of hydrogen-bond acceptors (Lipinski definition) is 7. The molecule has 200 valence electrons. The second-order valence-corrected chi connectivity index (χ2v) is 9.57. The van der Waals surface area contributed by atoms with Gasteiger partial charge in [-0.2, -0.15) is 4.91 Å². The number of hydrogen-bond donors (Lipinski definition) is 1. The summed E-state index contributed by atoms with van der Waals surface area (Å²) in [7, 11) is 1.51. The van der Waals surface area contributed by atoms with Crippen molar-refractivity contribution in [3.05, 3.63) is 38.0 Å². The molecule has 4 unspecified atom stereocenters. The van der Waals surface area contributed by atoms with Gasteiger partial charge in [-0.3, -0.25) is 14.3 Å². The first-order chi connectivity index (χ1) is 17.1. The summed E-state index contributed by atoms with van der Waals surface area (Å²) in [5.74, 6) is 0. The zero-order valence-corrected chi connectivity index (χ0v) is 21.6. The van der Waals surface area contributed by atoms with Crippen LogP contribution in [-0.4, -0.2) is 48.1 Å². The average molecular weight is 496 g/mol. The Morgan fingerprint density at radius 1 is 0.943 bits per heavy atom. The fourth-order valence-electron chi connectivity index (χ4n) is 4.70. The molecule has 0 amide bonds. The molecular weight excluding hydrogens is 450 g/mol. The van der Waals surface area contributed by atoms with Gasteiger partial charge in [-0.25, -0.2) is 4.79 Å². The lowest BCUT2D eigenvalue weighted by Gasteiger charge is -2.21. The standard InChI is InChI=1S/C26H45N3O6/c1-3-4-5-6-7-8-9-10-11-12-13-14-15-16-19-34-24-23(28-32)21(20-33-2)35-25(24)29-18-17-22(30)27-26(29)31/h17-18,21,23-25H,3-16,19-20H2,1-2H3,(H,27,30,31). The quantitative estimate of drug-likeness (QED) is 0.199. The SMILES string of the molecule is CCCCCCCCCCCCCCCCOC1C(N=O)C(COC)OC1n1ccc(=O)[nH]c1=O. The van der Waals surface area contributed by atoms with Crippen molar-refractivity contribution in [3.8, 4) is 0 Å². The molecule has 9 nitrogen and oxygen atoms in total. The third-order valence-electron chi connectivity index (χ3n) is 6.70. The normalized spacial score (nSPS) is 22.0. The van der Waals surface area contributed by atoms with E-state index in [1.54, 1.807) is 0 Å². The van der Waals surface area contributed by atoms with Crippen molar-refractivity contribution in [2.24, 2.45) is 5.18 Å². The van der Waals surface area contributed by atoms with Gasteiger partial charge in [-0.15, -0.1) is 0 Å². The van der Waals surface area contributed by atoms with Crippen LogP contribution in [0.4, 0.5) is 0 Å². The zero-order valence-electron chi connectivity index (χ0n) is 21.6. The number of aromatic amines is 1. The van der Waals surface area contributed by atoms with Crippen LogP contribution in [-0.2, 0) is 14.2 Å². The number of ether oxygens (including phenoxy) is 3. The third kappa shape index (κ3) is 10.4. The molecule has 35 heavy (non-hydrogen) atoms. The van der Waals surface area contributed by atoms with Crippen LogP contribution in [0.1, 0.15) is 103 Å². The van der Waals surface area contributed by atoms with Gasteiger partial charge in [-0.1, -0.05) is 95.6 Å². The van der Waals surface area contributed by atoms with Crippen molar-refractivity contribution >= 4 is 0 Å². The molecule has 2 rings (SSSR count). The van der Waals surface area contributed by atoms with Crippen molar-refractivity contribution in [1.29, 1.82) is 0 Å². The van der Waals surface area contributed by atoms with Gasteiger partial charge in [0.2, 0.25) is 0 Å². The van der Waals surface area contributed by atoms with Crippen molar-refractivity contribution < 1.29 is 14.2 Å². The van der Waals surface area contributed by atoms with Crippen molar-refractivity contribution in [2.75, 3.05) is 20.3 Å². The van der Waals surface area contributed by atoms with E-state index < -0.39 is 35.7 Å². The second kappa shape index (κ2) is 17.6. The number of nitroso groups, excluding NO2 is 1. The van der Waals surface area contributed by atoms with Gasteiger partial charge >= 0.3 is 5.69 Å². The fourth-order valence-corrected chi connectivity index (χ4v) is 4.70. The summed E-state index contributed by atoms with van der Waals surface area (Å²) in [6.07, 6.45) is 17.0. The van der Waals surface area contributed by atoms with Crippen LogP contribution in [0.2, 0.25) is 0 Å². The lowest BCUT2D eigenvalue weighted by atomic mass is 10.0. The minimum Gasteiger partial charge on any atom is -0.382 e. The molecule has 1 fully saturated rings. The topological polar surface area (TPSA) is 112 Å². The monoisotopic (exact) mass is 495 g/mol. The third-order valence-corrected chi connectivity index (χ3v) is 6.70. The van der Waals surface area contributed by atoms with E-state index in [9.17, 15) is 14.5 Å². The lowest BCUT2D eigenvalue weighted by molar-refractivity contribution is -0.0763. The van der Waals surface area contributed by atoms with Gasteiger partial charge in [0.15, 0.2) is 12.3 Å². The number of rotatable bonds is 20. The zero-order chi connectivity index (χ0) is 25.3. The Morgan fingerprint density at radius 3 is 2.03 bits per heavy atom. The summed E-state index contributed by atoms with van der Waals surface area (Å²) in [4.78, 5) is 37.5. The van der Waals surface area contributed by atoms with E-state index in [4.69, 9.17) is 14.2 Å². The highest BCUT2D eigenvalue weighted by atomic mass is 16.6. The first kappa shape index (κ1) is 29.4. The molecule has 1 aromatic rings. The Kier molecular flexibility index (Phi) is 14.8. The van der Waals surface area contributed by atoms with Gasteiger partial charge in [0.1, 0.15) is 12.2 Å². The van der Waals surface area contributed by atoms with E-state index in [1.807, 2.05) is 0 Å². The second-order valence-electron chi connectivity index (χ2n) is 9.57. The number of nitrogens with zero attached hydrogens (tertiary/aromatic N) is 2. The van der Waals surface area contributed by atoms with Crippen molar-refractivity contribution in [2.45, 2.75) is 121 Å². The predicted octanol–water partition coefficient (Wildman–Crippen LogP) is 5.08. The minimum absolute atomic E-state index is 0.156. The van der Waals surface area contributed by atoms with Crippen LogP contribution in [0.3, 0.4) is 0 Å². The molecule has 1 aliphatic rings. The molecule has 0 radical (unpaired) electrons. The molecular formula is C26H45N3O6. The highest BCUT2D eigenvalue weighted by Gasteiger charge is 2.48. The van der Waals surface area contributed by atoms with Gasteiger partial charge in [0.05, 0.1) is 6.61 Å². The van der Waals surface area contributed by atoms with E-state index in [2.05, 4.69) is 17.1 Å². The van der Waals surface area contributed by atoms with Crippen LogP contribution < -0.4 is 11.2 Å². The number of unbranched alkanes of at least 4 members (excludes halogenated alkanes) is 13. The Labute approximate surface area is 208 Å². The molecule has 0 aromatic carbocycles. The Hall–Kier alpha value is -1.84. The van der Waals surface area contributed by atoms with E-state index in [1.165, 1.54) is 94.6 Å². The van der Waals surface area contributed by atoms with Gasteiger partial charge in [0, 0.05) is 26.0 Å². The molecule has 4 atom stereocenters. The van der Waals surface area contributed by atoms with E-state index in [0.717, 1.165) is 19.3 Å². The maximum atomic E-state index is 12.3. The molecule has 0 saturated carbocycles. The number of aromatic nitrogens is 2. The molecule has 1 aromatic heterocycles. The maximum Gasteiger partial charge on any atom is 0.330 e. The molecule has 0 aliphatic carbocycles. The molecule has 1 saturated heterocycles. The van der Waals surface area contributed by atoms with Gasteiger partial charge < -0.3 is 14.2 Å². The minimum atomic E-state index is -0.853. The van der Waals surface area contributed by atoms with Crippen LogP contribution >= 0.6 is 0 Å². The molecule has 9 heteroatoms. The summed E-state index contributed by atoms with van der Waals surface area (Å²) >= 11 is 0. The van der Waals surface area contributed by atoms with Crippen LogP contribution in [0.15, 0.2) is 27.0 Å². The van der Waals surface area contributed by atoms with Crippen molar-refractivity contribution in [1.82, 2.24) is 9.55 Å². The Balaban J connectivity index is 1.66. The number of H-pyrrole nitrogens is 1. The van der Waals surface area contributed by atoms with Crippen LogP contribution in [0.5, 0.6) is 0 Å². The van der Waals surface area contributed by atoms with Crippen LogP contribution in [0.25, 0.3) is 0 Å². The summed E-state index contributed by atoms with van der Waals surface area (Å²) < 4.78 is 18.3. The molecule has 2 heterocycles. The Bertz CT molecular complexity index is 811. The average Bonchev–Trinajstić information content (AvgIpc) is 3.18. The first-order valence-corrected chi connectivity index (χ1v) is 13.5. The smallest absolute Gasteiger partial charge is 0.330 e. The summed E-state index contributed by atoms with van der Waals surface area (Å²) in [5.41, 5.74) is -1.11. The summed E-state index contributed by atoms with van der Waals surface area (Å²) in [5, 5.41) is 3.21.